The average molecular weight is 478 g/mol. The van der Waals surface area contributed by atoms with Gasteiger partial charge in [-0.05, 0) is 48.7 Å². The minimum Gasteiger partial charge on any atom is -0.459 e. The highest BCUT2D eigenvalue weighted by Crippen LogP contribution is 2.42. The summed E-state index contributed by atoms with van der Waals surface area (Å²) < 4.78 is 5.24. The van der Waals surface area contributed by atoms with E-state index in [0.717, 1.165) is 36.9 Å². The van der Waals surface area contributed by atoms with E-state index < -0.39 is 5.41 Å². The summed E-state index contributed by atoms with van der Waals surface area (Å²) in [6, 6.07) is 19.2. The standard InChI is InChI=1S/C27H28ClN3O3/c28-22-19-21(29-26(33)27(12-4-5-13-27)20-7-2-1-3-8-20)10-11-23(22)30-14-16-31(17-15-30)25(32)24-9-6-18-34-24/h1-3,6-11,18-19H,4-5,12-17H2,(H,29,33). The molecule has 2 aliphatic rings. The zero-order valence-electron chi connectivity index (χ0n) is 19.0. The van der Waals surface area contributed by atoms with E-state index in [4.69, 9.17) is 16.0 Å². The van der Waals surface area contributed by atoms with Gasteiger partial charge in [0.25, 0.3) is 5.91 Å². The molecule has 7 heteroatoms. The lowest BCUT2D eigenvalue weighted by Crippen LogP contribution is -2.48. The van der Waals surface area contributed by atoms with Gasteiger partial charge in [-0.25, -0.2) is 0 Å². The van der Waals surface area contributed by atoms with Crippen LogP contribution in [0.3, 0.4) is 0 Å². The van der Waals surface area contributed by atoms with Crippen molar-refractivity contribution in [3.63, 3.8) is 0 Å². The molecule has 0 bridgehead atoms. The molecule has 2 heterocycles. The van der Waals surface area contributed by atoms with Crippen LogP contribution < -0.4 is 10.2 Å². The Kier molecular flexibility index (Phi) is 6.33. The molecule has 6 nitrogen and oxygen atoms in total. The zero-order valence-corrected chi connectivity index (χ0v) is 19.8. The van der Waals surface area contributed by atoms with Crippen molar-refractivity contribution in [2.45, 2.75) is 31.1 Å². The molecule has 1 saturated carbocycles. The van der Waals surface area contributed by atoms with Gasteiger partial charge in [0.05, 0.1) is 22.4 Å². The lowest BCUT2D eigenvalue weighted by atomic mass is 9.78. The summed E-state index contributed by atoms with van der Waals surface area (Å²) in [5.41, 5.74) is 2.20. The minimum atomic E-state index is -0.483. The van der Waals surface area contributed by atoms with E-state index in [2.05, 4.69) is 22.3 Å². The number of hydrogen-bond acceptors (Lipinski definition) is 4. The fourth-order valence-electron chi connectivity index (χ4n) is 5.18. The molecule has 1 aliphatic carbocycles. The van der Waals surface area contributed by atoms with Gasteiger partial charge in [0.15, 0.2) is 5.76 Å². The number of amides is 2. The van der Waals surface area contributed by atoms with E-state index in [1.54, 1.807) is 17.0 Å². The number of furan rings is 1. The second kappa shape index (κ2) is 9.55. The molecule has 2 fully saturated rings. The lowest BCUT2D eigenvalue weighted by Gasteiger charge is -2.36. The van der Waals surface area contributed by atoms with Crippen molar-refractivity contribution in [2.24, 2.45) is 0 Å². The van der Waals surface area contributed by atoms with E-state index in [1.807, 2.05) is 36.4 Å². The topological polar surface area (TPSA) is 65.8 Å². The Morgan fingerprint density at radius 1 is 0.912 bits per heavy atom. The van der Waals surface area contributed by atoms with Crippen LogP contribution in [-0.4, -0.2) is 42.9 Å². The maximum absolute atomic E-state index is 13.4. The molecule has 5 rings (SSSR count). The number of hydrogen-bond donors (Lipinski definition) is 1. The van der Waals surface area contributed by atoms with Crippen molar-refractivity contribution >= 4 is 34.8 Å². The summed E-state index contributed by atoms with van der Waals surface area (Å²) in [6.07, 6.45) is 5.33. The second-order valence-corrected chi connectivity index (χ2v) is 9.44. The van der Waals surface area contributed by atoms with Crippen molar-refractivity contribution in [1.29, 1.82) is 0 Å². The van der Waals surface area contributed by atoms with Crippen molar-refractivity contribution in [2.75, 3.05) is 36.4 Å². The number of carbonyl (C=O) groups is 2. The largest absolute Gasteiger partial charge is 0.459 e. The third-order valence-electron chi connectivity index (χ3n) is 7.06. The van der Waals surface area contributed by atoms with Crippen molar-refractivity contribution in [3.05, 3.63) is 83.3 Å². The first kappa shape index (κ1) is 22.5. The summed E-state index contributed by atoms with van der Waals surface area (Å²) in [6.45, 7) is 2.53. The molecule has 1 saturated heterocycles. The highest BCUT2D eigenvalue weighted by atomic mass is 35.5. The van der Waals surface area contributed by atoms with Crippen LogP contribution in [0.15, 0.2) is 71.3 Å². The quantitative estimate of drug-likeness (QED) is 0.538. The van der Waals surface area contributed by atoms with Crippen LogP contribution in [0.5, 0.6) is 0 Å². The SMILES string of the molecule is O=C(c1ccco1)N1CCN(c2ccc(NC(=O)C3(c4ccccc4)CCCC3)cc2Cl)CC1. The summed E-state index contributed by atoms with van der Waals surface area (Å²) in [5, 5.41) is 3.71. The van der Waals surface area contributed by atoms with Crippen LogP contribution in [0, 0.1) is 0 Å². The molecule has 176 valence electrons. The van der Waals surface area contributed by atoms with E-state index >= 15 is 0 Å². The predicted octanol–water partition coefficient (Wildman–Crippen LogP) is 5.35. The summed E-state index contributed by atoms with van der Waals surface area (Å²) in [5.74, 6) is 0.306. The summed E-state index contributed by atoms with van der Waals surface area (Å²) >= 11 is 6.65. The summed E-state index contributed by atoms with van der Waals surface area (Å²) in [7, 11) is 0. The van der Waals surface area contributed by atoms with Crippen LogP contribution in [0.2, 0.25) is 5.02 Å². The Morgan fingerprint density at radius 3 is 2.29 bits per heavy atom. The van der Waals surface area contributed by atoms with E-state index in [9.17, 15) is 9.59 Å². The number of halogens is 1. The average Bonchev–Trinajstić information content (AvgIpc) is 3.58. The fraction of sp³-hybridized carbons (Fsp3) is 0.333. The number of rotatable bonds is 5. The maximum Gasteiger partial charge on any atom is 0.289 e. The van der Waals surface area contributed by atoms with Crippen LogP contribution >= 0.6 is 11.6 Å². The Hall–Kier alpha value is -3.25. The van der Waals surface area contributed by atoms with Crippen LogP contribution in [0.1, 0.15) is 41.8 Å². The molecule has 2 amide bonds. The Labute approximate surface area is 204 Å². The number of nitrogens with zero attached hydrogens (tertiary/aromatic N) is 2. The summed E-state index contributed by atoms with van der Waals surface area (Å²) in [4.78, 5) is 29.9. The van der Waals surface area contributed by atoms with Crippen molar-refractivity contribution in [3.8, 4) is 0 Å². The molecule has 3 aromatic rings. The molecular formula is C27H28ClN3O3. The van der Waals surface area contributed by atoms with Crippen LogP contribution in [0.25, 0.3) is 0 Å². The van der Waals surface area contributed by atoms with Crippen molar-refractivity contribution < 1.29 is 14.0 Å². The molecule has 0 unspecified atom stereocenters. The van der Waals surface area contributed by atoms with E-state index in [1.165, 1.54) is 6.26 Å². The van der Waals surface area contributed by atoms with Crippen LogP contribution in [0.4, 0.5) is 11.4 Å². The number of carbonyl (C=O) groups excluding carboxylic acids is 2. The van der Waals surface area contributed by atoms with Gasteiger partial charge in [-0.15, -0.1) is 0 Å². The van der Waals surface area contributed by atoms with Gasteiger partial charge in [0.2, 0.25) is 5.91 Å². The Balaban J connectivity index is 1.25. The molecule has 0 spiro atoms. The normalized spacial score (nSPS) is 17.6. The third kappa shape index (κ3) is 4.30. The van der Waals surface area contributed by atoms with Gasteiger partial charge in [-0.1, -0.05) is 54.8 Å². The molecular weight excluding hydrogens is 450 g/mol. The van der Waals surface area contributed by atoms with Gasteiger partial charge in [0, 0.05) is 31.9 Å². The molecule has 1 aromatic heterocycles. The number of nitrogens with one attached hydrogen (secondary N) is 1. The smallest absolute Gasteiger partial charge is 0.289 e. The van der Waals surface area contributed by atoms with Gasteiger partial charge in [-0.2, -0.15) is 0 Å². The Bertz CT molecular complexity index is 1150. The van der Waals surface area contributed by atoms with Crippen molar-refractivity contribution in [1.82, 2.24) is 4.90 Å². The molecule has 2 aromatic carbocycles. The van der Waals surface area contributed by atoms with Gasteiger partial charge < -0.3 is 19.5 Å². The number of anilines is 2. The number of piperazine rings is 1. The molecule has 0 atom stereocenters. The lowest BCUT2D eigenvalue weighted by molar-refractivity contribution is -0.121. The first-order chi connectivity index (χ1) is 16.6. The first-order valence-corrected chi connectivity index (χ1v) is 12.2. The predicted molar refractivity (Wildman–Crippen MR) is 133 cm³/mol. The third-order valence-corrected chi connectivity index (χ3v) is 7.37. The monoisotopic (exact) mass is 477 g/mol. The number of benzene rings is 2. The van der Waals surface area contributed by atoms with Gasteiger partial charge in [-0.3, -0.25) is 9.59 Å². The minimum absolute atomic E-state index is 0.0325. The van der Waals surface area contributed by atoms with Gasteiger partial charge >= 0.3 is 0 Å². The second-order valence-electron chi connectivity index (χ2n) is 9.03. The molecule has 34 heavy (non-hydrogen) atoms. The zero-order chi connectivity index (χ0) is 23.5. The molecule has 1 N–H and O–H groups in total. The molecule has 1 aliphatic heterocycles. The maximum atomic E-state index is 13.4. The Morgan fingerprint density at radius 2 is 1.65 bits per heavy atom. The van der Waals surface area contributed by atoms with Gasteiger partial charge in [0.1, 0.15) is 0 Å². The first-order valence-electron chi connectivity index (χ1n) is 11.8. The van der Waals surface area contributed by atoms with E-state index in [-0.39, 0.29) is 11.8 Å². The molecule has 0 radical (unpaired) electrons. The fourth-order valence-corrected chi connectivity index (χ4v) is 5.48. The highest BCUT2D eigenvalue weighted by molar-refractivity contribution is 6.33. The van der Waals surface area contributed by atoms with E-state index in [0.29, 0.717) is 42.6 Å². The van der Waals surface area contributed by atoms with Crippen LogP contribution in [-0.2, 0) is 10.2 Å². The highest BCUT2D eigenvalue weighted by Gasteiger charge is 2.42.